The highest BCUT2D eigenvalue weighted by Crippen LogP contribution is 2.43. The van der Waals surface area contributed by atoms with E-state index in [2.05, 4.69) is 45.5 Å². The normalized spacial score (nSPS) is 23.6. The van der Waals surface area contributed by atoms with Crippen molar-refractivity contribution in [2.45, 2.75) is 50.1 Å². The lowest BCUT2D eigenvalue weighted by atomic mass is 9.70. The van der Waals surface area contributed by atoms with Crippen molar-refractivity contribution in [3.63, 3.8) is 0 Å². The van der Waals surface area contributed by atoms with E-state index < -0.39 is 0 Å². The van der Waals surface area contributed by atoms with Crippen LogP contribution in [0.2, 0.25) is 0 Å². The van der Waals surface area contributed by atoms with E-state index in [-0.39, 0.29) is 0 Å². The summed E-state index contributed by atoms with van der Waals surface area (Å²) in [7, 11) is 0. The molecule has 0 amide bonds. The molecule has 2 saturated carbocycles. The van der Waals surface area contributed by atoms with Crippen molar-refractivity contribution in [3.8, 4) is 0 Å². The molecule has 0 heterocycles. The predicted octanol–water partition coefficient (Wildman–Crippen LogP) is 3.97. The average Bonchev–Trinajstić information content (AvgIpc) is 2.16. The summed E-state index contributed by atoms with van der Waals surface area (Å²) < 4.78 is 1.18. The molecule has 0 aromatic heterocycles. The highest BCUT2D eigenvalue weighted by molar-refractivity contribution is 9.10. The fraction of sp³-hybridized carbons (Fsp3) is 0.571. The fourth-order valence-electron chi connectivity index (χ4n) is 2.76. The maximum atomic E-state index is 3.89. The molecule has 0 saturated heterocycles. The number of hydrogen-bond donors (Lipinski definition) is 1. The second kappa shape index (κ2) is 4.15. The van der Waals surface area contributed by atoms with Crippen LogP contribution in [0.3, 0.4) is 0 Å². The maximum Gasteiger partial charge on any atom is 0.0436 e. The van der Waals surface area contributed by atoms with E-state index >= 15 is 0 Å². The van der Waals surface area contributed by atoms with E-state index in [1.165, 1.54) is 48.6 Å². The Morgan fingerprint density at radius 3 is 2.19 bits per heavy atom. The predicted molar refractivity (Wildman–Crippen MR) is 70.4 cm³/mol. The molecule has 0 unspecified atom stereocenters. The molecule has 1 aromatic carbocycles. The van der Waals surface area contributed by atoms with Crippen LogP contribution in [0.25, 0.3) is 0 Å². The molecule has 0 bridgehead atoms. The van der Waals surface area contributed by atoms with Gasteiger partial charge in [0.05, 0.1) is 0 Å². The number of hydrogen-bond acceptors (Lipinski definition) is 1. The molecule has 3 rings (SSSR count). The van der Waals surface area contributed by atoms with Crippen LogP contribution in [0.4, 0.5) is 0 Å². The molecule has 86 valence electrons. The number of nitrogens with one attached hydrogen (secondary N) is 1. The summed E-state index contributed by atoms with van der Waals surface area (Å²) in [6, 6.07) is 9.66. The van der Waals surface area contributed by atoms with Crippen LogP contribution in [0, 0.1) is 0 Å². The van der Waals surface area contributed by atoms with Crippen LogP contribution >= 0.6 is 15.9 Å². The monoisotopic (exact) mass is 279 g/mol. The van der Waals surface area contributed by atoms with Gasteiger partial charge in [0.25, 0.3) is 0 Å². The van der Waals surface area contributed by atoms with Crippen LogP contribution in [0.5, 0.6) is 0 Å². The lowest BCUT2D eigenvalue weighted by molar-refractivity contribution is 0.134. The molecule has 2 heteroatoms. The first-order valence-electron chi connectivity index (χ1n) is 6.32. The number of rotatable bonds is 3. The van der Waals surface area contributed by atoms with Gasteiger partial charge in [-0.2, -0.15) is 0 Å². The fourth-order valence-corrected chi connectivity index (χ4v) is 3.02. The van der Waals surface area contributed by atoms with E-state index in [9.17, 15) is 0 Å². The molecule has 0 aliphatic heterocycles. The third-order valence-electron chi connectivity index (χ3n) is 4.19. The van der Waals surface area contributed by atoms with Crippen LogP contribution in [-0.4, -0.2) is 6.04 Å². The Kier molecular flexibility index (Phi) is 2.80. The molecular formula is C14H18BrN. The van der Waals surface area contributed by atoms with E-state index in [1.54, 1.807) is 0 Å². The first-order chi connectivity index (χ1) is 7.78. The van der Waals surface area contributed by atoms with Crippen molar-refractivity contribution in [1.29, 1.82) is 0 Å². The topological polar surface area (TPSA) is 12.0 Å². The van der Waals surface area contributed by atoms with Crippen molar-refractivity contribution >= 4 is 15.9 Å². The number of halogens is 1. The quantitative estimate of drug-likeness (QED) is 0.883. The molecule has 1 N–H and O–H groups in total. The van der Waals surface area contributed by atoms with Gasteiger partial charge in [-0.3, -0.25) is 0 Å². The smallest absolute Gasteiger partial charge is 0.0436 e. The minimum absolute atomic E-state index is 0.311. The van der Waals surface area contributed by atoms with Crippen molar-refractivity contribution in [3.05, 3.63) is 34.3 Å². The van der Waals surface area contributed by atoms with Crippen LogP contribution < -0.4 is 5.32 Å². The van der Waals surface area contributed by atoms with Gasteiger partial charge in [-0.1, -0.05) is 34.5 Å². The zero-order valence-corrected chi connectivity index (χ0v) is 11.1. The summed E-state index contributed by atoms with van der Waals surface area (Å²) in [6.07, 6.45) is 8.15. The van der Waals surface area contributed by atoms with Crippen molar-refractivity contribution in [2.75, 3.05) is 0 Å². The van der Waals surface area contributed by atoms with Crippen molar-refractivity contribution < 1.29 is 0 Å². The molecule has 1 nitrogen and oxygen atoms in total. The van der Waals surface area contributed by atoms with E-state index in [0.29, 0.717) is 5.54 Å². The number of benzene rings is 1. The molecule has 2 aliphatic carbocycles. The first-order valence-corrected chi connectivity index (χ1v) is 7.12. The van der Waals surface area contributed by atoms with Gasteiger partial charge < -0.3 is 5.32 Å². The summed E-state index contributed by atoms with van der Waals surface area (Å²) in [5.74, 6) is 0. The highest BCUT2D eigenvalue weighted by atomic mass is 79.9. The summed E-state index contributed by atoms with van der Waals surface area (Å²) in [6.45, 7) is 0. The first kappa shape index (κ1) is 10.8. The van der Waals surface area contributed by atoms with Crippen LogP contribution in [0.15, 0.2) is 28.7 Å². The molecule has 2 fully saturated rings. The zero-order chi connectivity index (χ0) is 11.0. The van der Waals surface area contributed by atoms with E-state index in [1.807, 2.05) is 0 Å². The molecule has 0 radical (unpaired) electrons. The summed E-state index contributed by atoms with van der Waals surface area (Å²) in [5, 5.41) is 3.89. The molecule has 0 spiro atoms. The second-order valence-electron chi connectivity index (χ2n) is 5.21. The van der Waals surface area contributed by atoms with E-state index in [4.69, 9.17) is 0 Å². The Bertz CT molecular complexity index is 363. The minimum Gasteiger partial charge on any atom is -0.305 e. The summed E-state index contributed by atoms with van der Waals surface area (Å²) >= 11 is 3.51. The van der Waals surface area contributed by atoms with Gasteiger partial charge in [0.1, 0.15) is 0 Å². The Balaban J connectivity index is 1.80. The van der Waals surface area contributed by atoms with Crippen LogP contribution in [0.1, 0.15) is 44.1 Å². The van der Waals surface area contributed by atoms with Gasteiger partial charge in [-0.15, -0.1) is 0 Å². The van der Waals surface area contributed by atoms with Gasteiger partial charge in [0.15, 0.2) is 0 Å². The molecule has 0 atom stereocenters. The maximum absolute atomic E-state index is 3.89. The minimum atomic E-state index is 0.311. The Hall–Kier alpha value is -0.340. The third kappa shape index (κ3) is 1.82. The largest absolute Gasteiger partial charge is 0.305 e. The Morgan fingerprint density at radius 1 is 1.06 bits per heavy atom. The van der Waals surface area contributed by atoms with Gasteiger partial charge in [0.2, 0.25) is 0 Å². The molecule has 2 aliphatic rings. The molecular weight excluding hydrogens is 262 g/mol. The zero-order valence-electron chi connectivity index (χ0n) is 9.51. The SMILES string of the molecule is Brc1ccc(C2(NC3CCC3)CCC2)cc1. The molecule has 1 aromatic rings. The standard InChI is InChI=1S/C14H18BrN/c15-12-7-5-11(6-8-12)14(9-2-10-14)16-13-3-1-4-13/h5-8,13,16H,1-4,9-10H2. The lowest BCUT2D eigenvalue weighted by Crippen LogP contribution is -2.54. The average molecular weight is 280 g/mol. The van der Waals surface area contributed by atoms with Gasteiger partial charge >= 0.3 is 0 Å². The Labute approximate surface area is 106 Å². The Morgan fingerprint density at radius 2 is 1.75 bits per heavy atom. The summed E-state index contributed by atoms with van der Waals surface area (Å²) in [5.41, 5.74) is 1.79. The van der Waals surface area contributed by atoms with Crippen molar-refractivity contribution in [1.82, 2.24) is 5.32 Å². The van der Waals surface area contributed by atoms with E-state index in [0.717, 1.165) is 6.04 Å². The van der Waals surface area contributed by atoms with Crippen molar-refractivity contribution in [2.24, 2.45) is 0 Å². The summed E-state index contributed by atoms with van der Waals surface area (Å²) in [4.78, 5) is 0. The third-order valence-corrected chi connectivity index (χ3v) is 4.72. The highest BCUT2D eigenvalue weighted by Gasteiger charge is 2.40. The van der Waals surface area contributed by atoms with Gasteiger partial charge in [0, 0.05) is 16.1 Å². The van der Waals surface area contributed by atoms with Crippen LogP contribution in [-0.2, 0) is 5.54 Å². The van der Waals surface area contributed by atoms with Gasteiger partial charge in [-0.25, -0.2) is 0 Å². The second-order valence-corrected chi connectivity index (χ2v) is 6.13. The lowest BCUT2D eigenvalue weighted by Gasteiger charge is -2.47. The molecule has 16 heavy (non-hydrogen) atoms. The van der Waals surface area contributed by atoms with Gasteiger partial charge in [-0.05, 0) is 49.8 Å².